The van der Waals surface area contributed by atoms with Gasteiger partial charge >= 0.3 is 12.0 Å². The number of ether oxygens (including phenoxy) is 1. The number of methoxy groups -OCH3 is 1. The smallest absolute Gasteiger partial charge is 0.325 e. The normalized spacial score (nSPS) is 16.5. The third-order valence-electron chi connectivity index (χ3n) is 3.96. The number of carbonyl (C=O) groups is 2. The molecule has 2 aromatic carbocycles. The van der Waals surface area contributed by atoms with Crippen molar-refractivity contribution in [2.75, 3.05) is 19.0 Å². The summed E-state index contributed by atoms with van der Waals surface area (Å²) in [4.78, 5) is 25.7. The lowest BCUT2D eigenvalue weighted by molar-refractivity contribution is -0.141. The Morgan fingerprint density at radius 3 is 2.65 bits per heavy atom. The molecule has 0 aliphatic carbocycles. The van der Waals surface area contributed by atoms with Crippen molar-refractivity contribution in [3.05, 3.63) is 65.2 Å². The zero-order valence-corrected chi connectivity index (χ0v) is 13.1. The molecule has 2 aromatic rings. The fraction of sp³-hybridized carbons (Fsp3) is 0.222. The lowest BCUT2D eigenvalue weighted by Gasteiger charge is -2.37. The third-order valence-corrected chi connectivity index (χ3v) is 3.96. The van der Waals surface area contributed by atoms with Crippen molar-refractivity contribution in [1.29, 1.82) is 0 Å². The van der Waals surface area contributed by atoms with Crippen LogP contribution >= 0.6 is 0 Å². The number of hydrogen-bond donors (Lipinski definition) is 1. The highest BCUT2D eigenvalue weighted by Crippen LogP contribution is 2.37. The van der Waals surface area contributed by atoms with Crippen LogP contribution in [0.25, 0.3) is 0 Å². The second-order valence-electron chi connectivity index (χ2n) is 5.54. The first kappa shape index (κ1) is 15.1. The topological polar surface area (TPSA) is 58.6 Å². The molecule has 0 bridgehead atoms. The molecule has 0 spiro atoms. The molecule has 0 unspecified atom stereocenters. The van der Waals surface area contributed by atoms with Gasteiger partial charge in [0.15, 0.2) is 0 Å². The first-order valence-corrected chi connectivity index (χ1v) is 7.40. The Morgan fingerprint density at radius 2 is 1.96 bits per heavy atom. The van der Waals surface area contributed by atoms with E-state index in [1.165, 1.54) is 12.0 Å². The van der Waals surface area contributed by atoms with E-state index in [2.05, 4.69) is 5.32 Å². The first-order chi connectivity index (χ1) is 11.1. The van der Waals surface area contributed by atoms with Crippen LogP contribution in [0, 0.1) is 6.92 Å². The van der Waals surface area contributed by atoms with E-state index >= 15 is 0 Å². The summed E-state index contributed by atoms with van der Waals surface area (Å²) in [6.07, 6.45) is 0. The van der Waals surface area contributed by atoms with Crippen LogP contribution in [-0.4, -0.2) is 30.6 Å². The molecule has 0 saturated heterocycles. The summed E-state index contributed by atoms with van der Waals surface area (Å²) in [7, 11) is 1.32. The lowest BCUT2D eigenvalue weighted by Crippen LogP contribution is -2.45. The highest BCUT2D eigenvalue weighted by Gasteiger charge is 2.34. The fourth-order valence-electron chi connectivity index (χ4n) is 2.86. The predicted octanol–water partition coefficient (Wildman–Crippen LogP) is 3.10. The van der Waals surface area contributed by atoms with Crippen LogP contribution in [0.5, 0.6) is 0 Å². The van der Waals surface area contributed by atoms with Gasteiger partial charge < -0.3 is 15.0 Å². The number of hydrogen-bond acceptors (Lipinski definition) is 3. The van der Waals surface area contributed by atoms with E-state index in [1.807, 2.05) is 55.5 Å². The van der Waals surface area contributed by atoms with Crippen LogP contribution in [0.2, 0.25) is 0 Å². The summed E-state index contributed by atoms with van der Waals surface area (Å²) in [6.45, 7) is 1.90. The number of aryl methyl sites for hydroxylation is 1. The quantitative estimate of drug-likeness (QED) is 0.886. The van der Waals surface area contributed by atoms with Crippen LogP contribution < -0.4 is 5.32 Å². The van der Waals surface area contributed by atoms with Crippen molar-refractivity contribution in [2.24, 2.45) is 0 Å². The van der Waals surface area contributed by atoms with Crippen LogP contribution in [0.4, 0.5) is 10.5 Å². The van der Waals surface area contributed by atoms with Gasteiger partial charge in [0.25, 0.3) is 0 Å². The molecular weight excluding hydrogens is 292 g/mol. The molecule has 1 aliphatic heterocycles. The van der Waals surface area contributed by atoms with Crippen molar-refractivity contribution < 1.29 is 14.3 Å². The Morgan fingerprint density at radius 1 is 1.22 bits per heavy atom. The van der Waals surface area contributed by atoms with Gasteiger partial charge in [0.1, 0.15) is 6.54 Å². The molecule has 0 radical (unpaired) electrons. The van der Waals surface area contributed by atoms with Crippen LogP contribution in [-0.2, 0) is 9.53 Å². The molecule has 3 rings (SSSR count). The molecule has 0 fully saturated rings. The van der Waals surface area contributed by atoms with E-state index in [4.69, 9.17) is 4.74 Å². The van der Waals surface area contributed by atoms with Crippen molar-refractivity contribution in [3.8, 4) is 0 Å². The maximum atomic E-state index is 12.5. The number of nitrogens with one attached hydrogen (secondary N) is 1. The predicted molar refractivity (Wildman–Crippen MR) is 87.2 cm³/mol. The van der Waals surface area contributed by atoms with Gasteiger partial charge in [-0.1, -0.05) is 48.0 Å². The minimum atomic E-state index is -0.447. The molecule has 118 valence electrons. The molecule has 5 nitrogen and oxygen atoms in total. The Labute approximate surface area is 134 Å². The molecular formula is C18H18N2O3. The average molecular weight is 310 g/mol. The first-order valence-electron chi connectivity index (χ1n) is 7.40. The van der Waals surface area contributed by atoms with E-state index in [-0.39, 0.29) is 18.6 Å². The largest absolute Gasteiger partial charge is 0.468 e. The molecule has 0 aromatic heterocycles. The van der Waals surface area contributed by atoms with E-state index in [9.17, 15) is 9.59 Å². The Balaban J connectivity index is 2.12. The van der Waals surface area contributed by atoms with Gasteiger partial charge in [-0.2, -0.15) is 0 Å². The molecule has 1 aliphatic rings. The summed E-state index contributed by atoms with van der Waals surface area (Å²) < 4.78 is 4.74. The maximum absolute atomic E-state index is 12.5. The number of amides is 2. The number of fused-ring (bicyclic) bond motifs is 1. The second-order valence-corrected chi connectivity index (χ2v) is 5.54. The summed E-state index contributed by atoms with van der Waals surface area (Å²) in [5, 5.41) is 2.85. The van der Waals surface area contributed by atoms with Gasteiger partial charge in [0, 0.05) is 11.3 Å². The van der Waals surface area contributed by atoms with Gasteiger partial charge in [-0.15, -0.1) is 0 Å². The van der Waals surface area contributed by atoms with Gasteiger partial charge in [-0.05, 0) is 18.6 Å². The summed E-state index contributed by atoms with van der Waals surface area (Å²) >= 11 is 0. The fourth-order valence-corrected chi connectivity index (χ4v) is 2.86. The molecule has 2 amide bonds. The lowest BCUT2D eigenvalue weighted by atomic mass is 9.92. The number of urea groups is 1. The molecule has 1 heterocycles. The van der Waals surface area contributed by atoms with E-state index in [1.54, 1.807) is 0 Å². The van der Waals surface area contributed by atoms with Gasteiger partial charge in [-0.25, -0.2) is 4.79 Å². The molecule has 5 heteroatoms. The second kappa shape index (κ2) is 6.12. The summed E-state index contributed by atoms with van der Waals surface area (Å²) in [5.74, 6) is -0.447. The van der Waals surface area contributed by atoms with E-state index in [0.29, 0.717) is 0 Å². The van der Waals surface area contributed by atoms with Gasteiger partial charge in [0.2, 0.25) is 0 Å². The van der Waals surface area contributed by atoms with Crippen molar-refractivity contribution in [1.82, 2.24) is 4.90 Å². The van der Waals surface area contributed by atoms with Crippen LogP contribution in [0.3, 0.4) is 0 Å². The highest BCUT2D eigenvalue weighted by molar-refractivity contribution is 5.95. The standard InChI is InChI=1S/C18H18N2O3/c1-12-8-9-15-14(10-12)17(13-6-4-3-5-7-13)20(18(22)19-15)11-16(21)23-2/h3-10,17H,11H2,1-2H3,(H,19,22)/t17-/m1/s1. The summed E-state index contributed by atoms with van der Waals surface area (Å²) in [5.41, 5.74) is 3.80. The highest BCUT2D eigenvalue weighted by atomic mass is 16.5. The van der Waals surface area contributed by atoms with E-state index in [0.717, 1.165) is 22.4 Å². The molecule has 1 N–H and O–H groups in total. The van der Waals surface area contributed by atoms with Crippen molar-refractivity contribution in [2.45, 2.75) is 13.0 Å². The minimum Gasteiger partial charge on any atom is -0.468 e. The Bertz CT molecular complexity index is 743. The number of esters is 1. The minimum absolute atomic E-state index is 0.102. The van der Waals surface area contributed by atoms with E-state index < -0.39 is 5.97 Å². The van der Waals surface area contributed by atoms with Crippen molar-refractivity contribution >= 4 is 17.7 Å². The monoisotopic (exact) mass is 310 g/mol. The van der Waals surface area contributed by atoms with Crippen LogP contribution in [0.15, 0.2) is 48.5 Å². The third kappa shape index (κ3) is 2.90. The SMILES string of the molecule is COC(=O)CN1C(=O)Nc2ccc(C)cc2[C@H]1c1ccccc1. The zero-order chi connectivity index (χ0) is 16.4. The Kier molecular flexibility index (Phi) is 4.02. The molecule has 1 atom stereocenters. The Hall–Kier alpha value is -2.82. The average Bonchev–Trinajstić information content (AvgIpc) is 2.56. The maximum Gasteiger partial charge on any atom is 0.325 e. The number of anilines is 1. The molecule has 23 heavy (non-hydrogen) atoms. The van der Waals surface area contributed by atoms with Crippen molar-refractivity contribution in [3.63, 3.8) is 0 Å². The zero-order valence-electron chi connectivity index (χ0n) is 13.1. The van der Waals surface area contributed by atoms with Gasteiger partial charge in [-0.3, -0.25) is 4.79 Å². The number of nitrogens with zero attached hydrogens (tertiary/aromatic N) is 1. The molecule has 0 saturated carbocycles. The van der Waals surface area contributed by atoms with Gasteiger partial charge in [0.05, 0.1) is 13.2 Å². The van der Waals surface area contributed by atoms with Crippen LogP contribution in [0.1, 0.15) is 22.7 Å². The number of carbonyl (C=O) groups excluding carboxylic acids is 2. The number of rotatable bonds is 3. The number of benzene rings is 2. The summed E-state index contributed by atoms with van der Waals surface area (Å²) in [6, 6.07) is 15.0.